The van der Waals surface area contributed by atoms with Crippen LogP contribution in [0.2, 0.25) is 0 Å². The zero-order chi connectivity index (χ0) is 43.1. The first-order valence-corrected chi connectivity index (χ1v) is 16.9. The second-order valence-electron chi connectivity index (χ2n) is 11.6. The third-order valence-corrected chi connectivity index (χ3v) is 6.42. The molecule has 19 heteroatoms. The number of carboxylic acids is 6. The van der Waals surface area contributed by atoms with Crippen molar-refractivity contribution in [2.45, 2.75) is 58.8 Å². The van der Waals surface area contributed by atoms with Gasteiger partial charge in [-0.25, -0.2) is 33.8 Å². The lowest BCUT2D eigenvalue weighted by molar-refractivity contribution is -0.143. The van der Waals surface area contributed by atoms with E-state index in [-0.39, 0.29) is 5.97 Å². The van der Waals surface area contributed by atoms with E-state index in [4.69, 9.17) is 41.1 Å². The number of carboxylic acid groups (broad SMARTS) is 6. The molecule has 0 radical (unpaired) electrons. The molecule has 0 spiro atoms. The number of carbonyl (C=O) groups excluding carboxylic acids is 1. The molecule has 0 unspecified atom stereocenters. The van der Waals surface area contributed by atoms with Gasteiger partial charge in [0.2, 0.25) is 5.95 Å². The summed E-state index contributed by atoms with van der Waals surface area (Å²) >= 11 is 0. The number of hydrogen-bond acceptors (Lipinski definition) is 13. The maximum absolute atomic E-state index is 12.1. The number of ether oxygens (including phenoxy) is 1. The number of unbranched alkanes of at least 4 members (excludes halogenated alkanes) is 3. The number of aromatic nitrogens is 2. The number of nitrogen functional groups attached to an aromatic ring is 1. The van der Waals surface area contributed by atoms with Crippen LogP contribution in [0.15, 0.2) is 60.7 Å². The second-order valence-corrected chi connectivity index (χ2v) is 11.6. The Hall–Kier alpha value is -6.63. The zero-order valence-corrected chi connectivity index (χ0v) is 31.7. The number of nitrogens with two attached hydrogens (primary N) is 1. The minimum absolute atomic E-state index is 0.177. The smallest absolute Gasteiger partial charge is 0.328 e. The molecule has 19 nitrogen and oxygen atoms in total. The first-order valence-electron chi connectivity index (χ1n) is 16.9. The molecule has 0 aliphatic heterocycles. The maximum atomic E-state index is 12.1. The normalized spacial score (nSPS) is 10.4. The predicted molar refractivity (Wildman–Crippen MR) is 204 cm³/mol. The zero-order valence-electron chi connectivity index (χ0n) is 31.7. The SMILES string of the molecule is CCCCCNc1nc(N)nc(C)c1Cc1ccc(CC(=O)OCCCCN(C)C)cc1.O=C(O)/C=C/C(=O)O.O=C(O)/C=C/C(=O)O.O=C(O)/C=C/C(=O)O. The van der Waals surface area contributed by atoms with Gasteiger partial charge in [0.15, 0.2) is 0 Å². The highest BCUT2D eigenvalue weighted by Crippen LogP contribution is 2.22. The summed E-state index contributed by atoms with van der Waals surface area (Å²) in [4.78, 5) is 80.3. The fraction of sp³-hybridized carbons (Fsp3) is 0.378. The summed E-state index contributed by atoms with van der Waals surface area (Å²) in [6.45, 7) is 6.51. The van der Waals surface area contributed by atoms with Crippen molar-refractivity contribution in [1.82, 2.24) is 14.9 Å². The van der Waals surface area contributed by atoms with Crippen LogP contribution in [0, 0.1) is 6.92 Å². The average molecular weight is 790 g/mol. The van der Waals surface area contributed by atoms with E-state index >= 15 is 0 Å². The topological polar surface area (TPSA) is 317 Å². The van der Waals surface area contributed by atoms with E-state index in [1.165, 1.54) is 12.8 Å². The van der Waals surface area contributed by atoms with Gasteiger partial charge in [0.1, 0.15) is 5.82 Å². The fourth-order valence-corrected chi connectivity index (χ4v) is 3.90. The van der Waals surface area contributed by atoms with Gasteiger partial charge in [0.05, 0.1) is 13.0 Å². The lowest BCUT2D eigenvalue weighted by Gasteiger charge is -2.14. The van der Waals surface area contributed by atoms with Gasteiger partial charge in [0, 0.05) is 60.7 Å². The Morgan fingerprint density at radius 3 is 1.55 bits per heavy atom. The number of nitrogens with one attached hydrogen (secondary N) is 1. The molecule has 56 heavy (non-hydrogen) atoms. The number of nitrogens with zero attached hydrogens (tertiary/aromatic N) is 3. The minimum atomic E-state index is -1.26. The maximum Gasteiger partial charge on any atom is 0.328 e. The number of aliphatic carboxylic acids is 6. The molecule has 0 atom stereocenters. The van der Waals surface area contributed by atoms with Crippen molar-refractivity contribution in [2.75, 3.05) is 44.8 Å². The van der Waals surface area contributed by atoms with E-state index in [2.05, 4.69) is 39.2 Å². The van der Waals surface area contributed by atoms with Crippen LogP contribution < -0.4 is 11.1 Å². The summed E-state index contributed by atoms with van der Waals surface area (Å²) in [6, 6.07) is 8.08. The largest absolute Gasteiger partial charge is 0.478 e. The molecule has 0 saturated heterocycles. The second kappa shape index (κ2) is 30.8. The molecule has 1 aromatic heterocycles. The van der Waals surface area contributed by atoms with Gasteiger partial charge in [-0.1, -0.05) is 44.0 Å². The standard InChI is InChI=1S/C25H39N5O2.3C4H4O4/c1-5-6-7-14-27-24-22(19(2)28-25(26)29-24)17-20-10-12-21(13-11-20)18-23(31)32-16-9-8-15-30(3)4;3*5-3(6)1-2-4(7)8/h10-13H,5-9,14-18H2,1-4H3,(H3,26,27,28,29);3*1-2H,(H,5,6)(H,7,8)/b;3*2-1+. The van der Waals surface area contributed by atoms with Crippen LogP contribution >= 0.6 is 0 Å². The van der Waals surface area contributed by atoms with Crippen molar-refractivity contribution < 1.29 is 68.9 Å². The van der Waals surface area contributed by atoms with Crippen LogP contribution in [-0.2, 0) is 51.1 Å². The van der Waals surface area contributed by atoms with Crippen molar-refractivity contribution in [2.24, 2.45) is 0 Å². The lowest BCUT2D eigenvalue weighted by atomic mass is 10.0. The number of rotatable bonds is 20. The molecule has 0 aliphatic carbocycles. The van der Waals surface area contributed by atoms with Gasteiger partial charge in [-0.3, -0.25) is 4.79 Å². The Balaban J connectivity index is 0. The minimum Gasteiger partial charge on any atom is -0.478 e. The molecule has 0 fully saturated rings. The van der Waals surface area contributed by atoms with Crippen LogP contribution in [0.3, 0.4) is 0 Å². The van der Waals surface area contributed by atoms with Gasteiger partial charge in [-0.05, 0) is 58.0 Å². The Morgan fingerprint density at radius 1 is 0.696 bits per heavy atom. The quantitative estimate of drug-likeness (QED) is 0.0542. The Kier molecular flexibility index (Phi) is 28.3. The summed E-state index contributed by atoms with van der Waals surface area (Å²) in [7, 11) is 4.09. The summed E-state index contributed by atoms with van der Waals surface area (Å²) in [5, 5.41) is 50.3. The molecule has 2 aromatic rings. The number of esters is 1. The molecule has 0 amide bonds. The molecule has 1 heterocycles. The van der Waals surface area contributed by atoms with Crippen LogP contribution in [0.1, 0.15) is 61.4 Å². The summed E-state index contributed by atoms with van der Waals surface area (Å²) in [5.74, 6) is -6.61. The number of anilines is 2. The van der Waals surface area contributed by atoms with E-state index in [0.717, 1.165) is 60.6 Å². The first-order chi connectivity index (χ1) is 26.3. The van der Waals surface area contributed by atoms with E-state index < -0.39 is 35.8 Å². The van der Waals surface area contributed by atoms with Gasteiger partial charge in [0.25, 0.3) is 0 Å². The lowest BCUT2D eigenvalue weighted by Crippen LogP contribution is -2.14. The Morgan fingerprint density at radius 2 is 1.14 bits per heavy atom. The molecular formula is C37H51N5O14. The number of aryl methyl sites for hydroxylation is 1. The molecular weight excluding hydrogens is 738 g/mol. The van der Waals surface area contributed by atoms with Crippen LogP contribution in [0.5, 0.6) is 0 Å². The molecule has 0 aliphatic rings. The molecule has 2 rings (SSSR count). The highest BCUT2D eigenvalue weighted by atomic mass is 16.5. The average Bonchev–Trinajstić information content (AvgIpc) is 3.10. The monoisotopic (exact) mass is 789 g/mol. The summed E-state index contributed by atoms with van der Waals surface area (Å²) < 4.78 is 5.36. The number of benzene rings is 1. The molecule has 308 valence electrons. The summed E-state index contributed by atoms with van der Waals surface area (Å²) in [6.07, 6.45) is 9.72. The predicted octanol–water partition coefficient (Wildman–Crippen LogP) is 3.12. The van der Waals surface area contributed by atoms with Crippen molar-refractivity contribution in [1.29, 1.82) is 0 Å². The highest BCUT2D eigenvalue weighted by Gasteiger charge is 2.12. The van der Waals surface area contributed by atoms with E-state index in [9.17, 15) is 33.6 Å². The van der Waals surface area contributed by atoms with Gasteiger partial charge >= 0.3 is 41.8 Å². The van der Waals surface area contributed by atoms with Gasteiger partial charge < -0.3 is 51.3 Å². The van der Waals surface area contributed by atoms with Crippen LogP contribution in [0.4, 0.5) is 11.8 Å². The third-order valence-electron chi connectivity index (χ3n) is 6.42. The van der Waals surface area contributed by atoms with Crippen molar-refractivity contribution in [3.05, 3.63) is 83.1 Å². The molecule has 0 bridgehead atoms. The molecule has 1 aromatic carbocycles. The van der Waals surface area contributed by atoms with Crippen LogP contribution in [0.25, 0.3) is 0 Å². The van der Waals surface area contributed by atoms with E-state index in [1.807, 2.05) is 33.2 Å². The number of hydrogen-bond donors (Lipinski definition) is 8. The van der Waals surface area contributed by atoms with Gasteiger partial charge in [-0.15, -0.1) is 0 Å². The van der Waals surface area contributed by atoms with Crippen molar-refractivity contribution >= 4 is 53.6 Å². The van der Waals surface area contributed by atoms with Crippen molar-refractivity contribution in [3.63, 3.8) is 0 Å². The number of carbonyl (C=O) groups is 7. The Labute approximate surface area is 323 Å². The van der Waals surface area contributed by atoms with E-state index in [0.29, 0.717) is 61.9 Å². The fourth-order valence-electron chi connectivity index (χ4n) is 3.90. The summed E-state index contributed by atoms with van der Waals surface area (Å²) in [5.41, 5.74) is 9.91. The Bertz CT molecular complexity index is 1530. The van der Waals surface area contributed by atoms with Gasteiger partial charge in [-0.2, -0.15) is 4.98 Å². The van der Waals surface area contributed by atoms with Crippen LogP contribution in [-0.4, -0.2) is 121 Å². The van der Waals surface area contributed by atoms with Crippen molar-refractivity contribution in [3.8, 4) is 0 Å². The van der Waals surface area contributed by atoms with E-state index in [1.54, 1.807) is 0 Å². The first kappa shape index (κ1) is 51.5. The molecule has 9 N–H and O–H groups in total. The third kappa shape index (κ3) is 32.1. The molecule has 0 saturated carbocycles. The highest BCUT2D eigenvalue weighted by molar-refractivity contribution is 5.90.